The Morgan fingerprint density at radius 2 is 2.14 bits per heavy atom. The predicted molar refractivity (Wildman–Crippen MR) is 85.4 cm³/mol. The molecule has 2 aromatic rings. The van der Waals surface area contributed by atoms with Crippen molar-refractivity contribution in [1.82, 2.24) is 5.32 Å². The zero-order valence-corrected chi connectivity index (χ0v) is 13.3. The van der Waals surface area contributed by atoms with Crippen LogP contribution in [0, 0.1) is 5.41 Å². The fraction of sp³-hybridized carbons (Fsp3) is 0.556. The molecule has 1 saturated carbocycles. The average Bonchev–Trinajstić information content (AvgIpc) is 2.90. The van der Waals surface area contributed by atoms with Gasteiger partial charge in [0.05, 0.1) is 12.1 Å². The molecule has 1 aromatic carbocycles. The zero-order chi connectivity index (χ0) is 15.0. The van der Waals surface area contributed by atoms with Gasteiger partial charge in [-0.05, 0) is 32.4 Å². The minimum absolute atomic E-state index is 0.177. The van der Waals surface area contributed by atoms with Crippen molar-refractivity contribution >= 4 is 11.0 Å². The molecule has 3 unspecified atom stereocenters. The van der Waals surface area contributed by atoms with Crippen LogP contribution in [-0.2, 0) is 4.74 Å². The third kappa shape index (κ3) is 2.60. The van der Waals surface area contributed by atoms with E-state index in [-0.39, 0.29) is 11.5 Å². The Hall–Kier alpha value is -1.32. The van der Waals surface area contributed by atoms with Crippen LogP contribution in [-0.4, -0.2) is 18.8 Å². The molecule has 3 heteroatoms. The highest BCUT2D eigenvalue weighted by molar-refractivity contribution is 5.77. The summed E-state index contributed by atoms with van der Waals surface area (Å²) in [6.07, 6.45) is 1.44. The van der Waals surface area contributed by atoms with E-state index in [0.29, 0.717) is 12.1 Å². The highest BCUT2D eigenvalue weighted by Gasteiger charge is 2.49. The molecule has 1 aliphatic rings. The molecule has 0 radical (unpaired) electrons. The van der Waals surface area contributed by atoms with Crippen molar-refractivity contribution in [2.45, 2.75) is 52.3 Å². The van der Waals surface area contributed by atoms with Gasteiger partial charge in [0.1, 0.15) is 11.3 Å². The van der Waals surface area contributed by atoms with Crippen molar-refractivity contribution in [3.05, 3.63) is 36.1 Å². The first-order chi connectivity index (χ1) is 10.0. The Kier molecular flexibility index (Phi) is 3.80. The Bertz CT molecular complexity index is 583. The summed E-state index contributed by atoms with van der Waals surface area (Å²) in [7, 11) is 0. The molecule has 1 aliphatic carbocycles. The number of furan rings is 1. The Labute approximate surface area is 126 Å². The van der Waals surface area contributed by atoms with Crippen molar-refractivity contribution < 1.29 is 9.15 Å². The number of hydrogen-bond acceptors (Lipinski definition) is 3. The smallest absolute Gasteiger partial charge is 0.134 e. The van der Waals surface area contributed by atoms with Gasteiger partial charge in [-0.25, -0.2) is 0 Å². The van der Waals surface area contributed by atoms with Gasteiger partial charge in [0.15, 0.2) is 0 Å². The fourth-order valence-electron chi connectivity index (χ4n) is 3.25. The third-order valence-corrected chi connectivity index (χ3v) is 4.87. The monoisotopic (exact) mass is 287 g/mol. The fourth-order valence-corrected chi connectivity index (χ4v) is 3.25. The van der Waals surface area contributed by atoms with Crippen molar-refractivity contribution in [3.8, 4) is 0 Å². The molecule has 0 aliphatic heterocycles. The molecule has 1 aromatic heterocycles. The number of hydrogen-bond donors (Lipinski definition) is 1. The molecule has 0 bridgehead atoms. The first kappa shape index (κ1) is 14.6. The van der Waals surface area contributed by atoms with Gasteiger partial charge in [0.25, 0.3) is 0 Å². The second-order valence-corrected chi connectivity index (χ2v) is 6.63. The van der Waals surface area contributed by atoms with Crippen LogP contribution in [0.25, 0.3) is 11.0 Å². The van der Waals surface area contributed by atoms with E-state index in [9.17, 15) is 0 Å². The lowest BCUT2D eigenvalue weighted by atomic mass is 9.64. The maximum atomic E-state index is 5.95. The van der Waals surface area contributed by atoms with Crippen LogP contribution in [0.1, 0.15) is 45.9 Å². The van der Waals surface area contributed by atoms with E-state index >= 15 is 0 Å². The van der Waals surface area contributed by atoms with E-state index in [1.165, 1.54) is 5.39 Å². The van der Waals surface area contributed by atoms with Gasteiger partial charge in [0.2, 0.25) is 0 Å². The molecule has 3 nitrogen and oxygen atoms in total. The SMILES string of the molecule is CCOC1CC(NC(C)c2cc3ccccc3o2)C1(C)C. The minimum atomic E-state index is 0.177. The minimum Gasteiger partial charge on any atom is -0.459 e. The normalized spacial score (nSPS) is 25.7. The van der Waals surface area contributed by atoms with Crippen LogP contribution in [0.4, 0.5) is 0 Å². The average molecular weight is 287 g/mol. The number of nitrogens with one attached hydrogen (secondary N) is 1. The van der Waals surface area contributed by atoms with E-state index in [4.69, 9.17) is 9.15 Å². The first-order valence-electron chi connectivity index (χ1n) is 7.88. The number of benzene rings is 1. The van der Waals surface area contributed by atoms with Gasteiger partial charge >= 0.3 is 0 Å². The molecule has 1 N–H and O–H groups in total. The number of fused-ring (bicyclic) bond motifs is 1. The molecule has 1 fully saturated rings. The largest absolute Gasteiger partial charge is 0.459 e. The lowest BCUT2D eigenvalue weighted by Crippen LogP contribution is -2.61. The third-order valence-electron chi connectivity index (χ3n) is 4.87. The van der Waals surface area contributed by atoms with Crippen LogP contribution in [0.3, 0.4) is 0 Å². The summed E-state index contributed by atoms with van der Waals surface area (Å²) in [6.45, 7) is 9.58. The Morgan fingerprint density at radius 1 is 1.38 bits per heavy atom. The summed E-state index contributed by atoms with van der Waals surface area (Å²) in [4.78, 5) is 0. The van der Waals surface area contributed by atoms with E-state index < -0.39 is 0 Å². The summed E-state index contributed by atoms with van der Waals surface area (Å²) < 4.78 is 11.7. The standard InChI is InChI=1S/C18H25NO2/c1-5-20-17-11-16(18(17,3)4)19-12(2)15-10-13-8-6-7-9-14(13)21-15/h6-10,12,16-17,19H,5,11H2,1-4H3. The lowest BCUT2D eigenvalue weighted by Gasteiger charge is -2.52. The molecule has 1 heterocycles. The van der Waals surface area contributed by atoms with E-state index in [1.807, 2.05) is 18.2 Å². The van der Waals surface area contributed by atoms with Crippen molar-refractivity contribution in [1.29, 1.82) is 0 Å². The van der Waals surface area contributed by atoms with Gasteiger partial charge in [-0.15, -0.1) is 0 Å². The quantitative estimate of drug-likeness (QED) is 0.891. The highest BCUT2D eigenvalue weighted by atomic mass is 16.5. The van der Waals surface area contributed by atoms with Crippen LogP contribution in [0.15, 0.2) is 34.7 Å². The highest BCUT2D eigenvalue weighted by Crippen LogP contribution is 2.43. The molecule has 0 spiro atoms. The van der Waals surface area contributed by atoms with Crippen LogP contribution in [0.5, 0.6) is 0 Å². The summed E-state index contributed by atoms with van der Waals surface area (Å²) >= 11 is 0. The topological polar surface area (TPSA) is 34.4 Å². The van der Waals surface area contributed by atoms with Crippen molar-refractivity contribution in [2.75, 3.05) is 6.61 Å². The molecular weight excluding hydrogens is 262 g/mol. The molecule has 3 rings (SSSR count). The predicted octanol–water partition coefficient (Wildman–Crippen LogP) is 4.29. The van der Waals surface area contributed by atoms with Crippen LogP contribution in [0.2, 0.25) is 0 Å². The molecule has 0 saturated heterocycles. The van der Waals surface area contributed by atoms with Gasteiger partial charge in [-0.3, -0.25) is 0 Å². The van der Waals surface area contributed by atoms with Crippen molar-refractivity contribution in [2.24, 2.45) is 5.41 Å². The zero-order valence-electron chi connectivity index (χ0n) is 13.3. The molecule has 0 amide bonds. The summed E-state index contributed by atoms with van der Waals surface area (Å²) in [5.74, 6) is 1.01. The van der Waals surface area contributed by atoms with Crippen molar-refractivity contribution in [3.63, 3.8) is 0 Å². The Balaban J connectivity index is 1.68. The van der Waals surface area contributed by atoms with Gasteiger partial charge in [0, 0.05) is 23.4 Å². The van der Waals surface area contributed by atoms with E-state index in [1.54, 1.807) is 0 Å². The summed E-state index contributed by atoms with van der Waals surface area (Å²) in [5.41, 5.74) is 1.14. The first-order valence-corrected chi connectivity index (χ1v) is 7.88. The molecular formula is C18H25NO2. The number of para-hydroxylation sites is 1. The van der Waals surface area contributed by atoms with Gasteiger partial charge in [-0.1, -0.05) is 32.0 Å². The molecule has 114 valence electrons. The number of ether oxygens (including phenoxy) is 1. The lowest BCUT2D eigenvalue weighted by molar-refractivity contribution is -0.116. The second-order valence-electron chi connectivity index (χ2n) is 6.63. The van der Waals surface area contributed by atoms with E-state index in [0.717, 1.165) is 24.4 Å². The second kappa shape index (κ2) is 5.47. The maximum absolute atomic E-state index is 5.95. The van der Waals surface area contributed by atoms with E-state index in [2.05, 4.69) is 45.1 Å². The summed E-state index contributed by atoms with van der Waals surface area (Å²) in [5, 5.41) is 4.87. The van der Waals surface area contributed by atoms with Crippen LogP contribution < -0.4 is 5.32 Å². The Morgan fingerprint density at radius 3 is 2.81 bits per heavy atom. The van der Waals surface area contributed by atoms with Gasteiger partial charge < -0.3 is 14.5 Å². The molecule has 3 atom stereocenters. The molecule has 21 heavy (non-hydrogen) atoms. The van der Waals surface area contributed by atoms with Gasteiger partial charge in [-0.2, -0.15) is 0 Å². The maximum Gasteiger partial charge on any atom is 0.134 e. The number of rotatable bonds is 5. The van der Waals surface area contributed by atoms with Crippen LogP contribution >= 0.6 is 0 Å². The summed E-state index contributed by atoms with van der Waals surface area (Å²) in [6, 6.07) is 11.0.